The van der Waals surface area contributed by atoms with Crippen molar-refractivity contribution in [2.75, 3.05) is 46.4 Å². The molecule has 0 aromatic heterocycles. The molecule has 7 heteroatoms. The lowest BCUT2D eigenvalue weighted by Crippen LogP contribution is -2.50. The molecule has 1 saturated heterocycles. The fraction of sp³-hybridized carbons (Fsp3) is 0.867. The van der Waals surface area contributed by atoms with Gasteiger partial charge in [-0.3, -0.25) is 9.59 Å². The number of carbonyl (C=O) groups is 2. The first-order valence-corrected chi connectivity index (χ1v) is 7.81. The highest BCUT2D eigenvalue weighted by Gasteiger charge is 2.21. The summed E-state index contributed by atoms with van der Waals surface area (Å²) in [6, 6.07) is -0.827. The van der Waals surface area contributed by atoms with Crippen LogP contribution in [0.3, 0.4) is 0 Å². The van der Waals surface area contributed by atoms with Gasteiger partial charge in [-0.05, 0) is 27.8 Å². The highest BCUT2D eigenvalue weighted by atomic mass is 16.5. The summed E-state index contributed by atoms with van der Waals surface area (Å²) in [4.78, 5) is 28.0. The Kier molecular flexibility index (Phi) is 7.25. The molecule has 1 heterocycles. The third kappa shape index (κ3) is 7.72. The van der Waals surface area contributed by atoms with Gasteiger partial charge in [0.25, 0.3) is 0 Å². The molecule has 0 aromatic rings. The number of nitrogens with zero attached hydrogens (tertiary/aromatic N) is 2. The van der Waals surface area contributed by atoms with E-state index >= 15 is 0 Å². The second kappa shape index (κ2) is 8.45. The number of hydrogen-bond donors (Lipinski definition) is 2. The Labute approximate surface area is 133 Å². The van der Waals surface area contributed by atoms with Crippen molar-refractivity contribution in [3.63, 3.8) is 0 Å². The van der Waals surface area contributed by atoms with Gasteiger partial charge in [-0.15, -0.1) is 0 Å². The van der Waals surface area contributed by atoms with Gasteiger partial charge in [-0.25, -0.2) is 0 Å². The van der Waals surface area contributed by atoms with E-state index in [9.17, 15) is 9.59 Å². The number of piperazine rings is 1. The first-order valence-electron chi connectivity index (χ1n) is 7.81. The quantitative estimate of drug-likeness (QED) is 0.637. The second-order valence-corrected chi connectivity index (χ2v) is 6.92. The Morgan fingerprint density at radius 2 is 1.82 bits per heavy atom. The number of nitrogens with two attached hydrogens (primary N) is 1. The first kappa shape index (κ1) is 18.9. The van der Waals surface area contributed by atoms with Crippen LogP contribution in [0.4, 0.5) is 0 Å². The van der Waals surface area contributed by atoms with Crippen LogP contribution >= 0.6 is 0 Å². The van der Waals surface area contributed by atoms with E-state index in [1.54, 1.807) is 0 Å². The van der Waals surface area contributed by atoms with Crippen LogP contribution < -0.4 is 11.1 Å². The Bertz CT molecular complexity index is 373. The molecule has 7 nitrogen and oxygen atoms in total. The first-order chi connectivity index (χ1) is 10.2. The molecule has 1 aliphatic heterocycles. The number of likely N-dealkylation sites (N-methyl/N-ethyl adjacent to an activating group) is 1. The molecule has 0 aromatic carbocycles. The molecule has 0 unspecified atom stereocenters. The minimum atomic E-state index is -0.827. The summed E-state index contributed by atoms with van der Waals surface area (Å²) in [5.74, 6) is -0.614. The Hall–Kier alpha value is -1.18. The topological polar surface area (TPSA) is 87.9 Å². The van der Waals surface area contributed by atoms with Crippen molar-refractivity contribution < 1.29 is 14.3 Å². The zero-order chi connectivity index (χ0) is 16.8. The number of hydrogen-bond acceptors (Lipinski definition) is 6. The zero-order valence-electron chi connectivity index (χ0n) is 14.2. The molecule has 0 aliphatic carbocycles. The van der Waals surface area contributed by atoms with Gasteiger partial charge < -0.3 is 25.6 Å². The molecule has 1 amide bonds. The molecule has 0 radical (unpaired) electrons. The number of nitrogens with one attached hydrogen (secondary N) is 1. The van der Waals surface area contributed by atoms with Gasteiger partial charge in [0.1, 0.15) is 12.6 Å². The molecule has 128 valence electrons. The van der Waals surface area contributed by atoms with Crippen LogP contribution in [0.15, 0.2) is 0 Å². The summed E-state index contributed by atoms with van der Waals surface area (Å²) in [6.07, 6.45) is 0.331. The maximum atomic E-state index is 11.8. The van der Waals surface area contributed by atoms with Crippen LogP contribution in [0, 0.1) is 0 Å². The van der Waals surface area contributed by atoms with Crippen LogP contribution in [-0.4, -0.2) is 79.6 Å². The molecule has 0 saturated carbocycles. The van der Waals surface area contributed by atoms with Gasteiger partial charge in [0, 0.05) is 38.3 Å². The third-order valence-corrected chi connectivity index (χ3v) is 3.49. The lowest BCUT2D eigenvalue weighted by atomic mass is 10.1. The normalized spacial score (nSPS) is 18.8. The van der Waals surface area contributed by atoms with Crippen molar-refractivity contribution in [2.45, 2.75) is 38.8 Å². The molecular formula is C15H30N4O3. The summed E-state index contributed by atoms with van der Waals surface area (Å²) in [6.45, 7) is 10.2. The van der Waals surface area contributed by atoms with E-state index in [4.69, 9.17) is 10.5 Å². The standard InChI is InChI=1S/C15H30N4O3/c1-15(2,3)17-14(21)12(16)11-22-13(20)5-6-19-9-7-18(4)8-10-19/h12H,5-11,16H2,1-4H3,(H,17,21)/t12-/m0/s1. The largest absolute Gasteiger partial charge is 0.463 e. The number of esters is 1. The zero-order valence-corrected chi connectivity index (χ0v) is 14.2. The number of rotatable bonds is 6. The predicted octanol–water partition coefficient (Wildman–Crippen LogP) is -0.591. The minimum absolute atomic E-state index is 0.0799. The van der Waals surface area contributed by atoms with Crippen LogP contribution in [0.2, 0.25) is 0 Å². The van der Waals surface area contributed by atoms with Gasteiger partial charge in [0.05, 0.1) is 6.42 Å². The number of carbonyl (C=O) groups excluding carboxylic acids is 2. The highest BCUT2D eigenvalue weighted by molar-refractivity contribution is 5.82. The monoisotopic (exact) mass is 314 g/mol. The summed E-state index contributed by atoms with van der Waals surface area (Å²) in [7, 11) is 2.09. The molecule has 1 aliphatic rings. The smallest absolute Gasteiger partial charge is 0.307 e. The van der Waals surface area contributed by atoms with E-state index in [0.29, 0.717) is 13.0 Å². The fourth-order valence-corrected chi connectivity index (χ4v) is 2.11. The predicted molar refractivity (Wildman–Crippen MR) is 85.4 cm³/mol. The van der Waals surface area contributed by atoms with E-state index in [1.165, 1.54) is 0 Å². The summed E-state index contributed by atoms with van der Waals surface area (Å²) < 4.78 is 5.09. The second-order valence-electron chi connectivity index (χ2n) is 6.92. The van der Waals surface area contributed by atoms with Crippen molar-refractivity contribution in [1.82, 2.24) is 15.1 Å². The fourth-order valence-electron chi connectivity index (χ4n) is 2.11. The Morgan fingerprint density at radius 3 is 2.36 bits per heavy atom. The lowest BCUT2D eigenvalue weighted by Gasteiger charge is -2.32. The number of ether oxygens (including phenoxy) is 1. The lowest BCUT2D eigenvalue weighted by molar-refractivity contribution is -0.145. The Morgan fingerprint density at radius 1 is 1.23 bits per heavy atom. The summed E-state index contributed by atoms with van der Waals surface area (Å²) >= 11 is 0. The molecular weight excluding hydrogens is 284 g/mol. The van der Waals surface area contributed by atoms with E-state index in [1.807, 2.05) is 20.8 Å². The van der Waals surface area contributed by atoms with Crippen molar-refractivity contribution in [1.29, 1.82) is 0 Å². The van der Waals surface area contributed by atoms with E-state index in [-0.39, 0.29) is 24.0 Å². The molecule has 1 fully saturated rings. The molecule has 22 heavy (non-hydrogen) atoms. The minimum Gasteiger partial charge on any atom is -0.463 e. The van der Waals surface area contributed by atoms with Crippen LogP contribution in [0.25, 0.3) is 0 Å². The van der Waals surface area contributed by atoms with Gasteiger partial charge in [-0.1, -0.05) is 0 Å². The van der Waals surface area contributed by atoms with Crippen LogP contribution in [0.5, 0.6) is 0 Å². The molecule has 1 atom stereocenters. The van der Waals surface area contributed by atoms with E-state index < -0.39 is 6.04 Å². The van der Waals surface area contributed by atoms with E-state index in [2.05, 4.69) is 22.2 Å². The highest BCUT2D eigenvalue weighted by Crippen LogP contribution is 2.02. The van der Waals surface area contributed by atoms with Gasteiger partial charge >= 0.3 is 5.97 Å². The van der Waals surface area contributed by atoms with Crippen molar-refractivity contribution in [2.24, 2.45) is 5.73 Å². The number of amides is 1. The molecule has 0 bridgehead atoms. The van der Waals surface area contributed by atoms with Gasteiger partial charge in [-0.2, -0.15) is 0 Å². The summed E-state index contributed by atoms with van der Waals surface area (Å²) in [5.41, 5.74) is 5.37. The Balaban J connectivity index is 2.18. The maximum Gasteiger partial charge on any atom is 0.307 e. The van der Waals surface area contributed by atoms with E-state index in [0.717, 1.165) is 26.2 Å². The van der Waals surface area contributed by atoms with Crippen LogP contribution in [0.1, 0.15) is 27.2 Å². The molecule has 3 N–H and O–H groups in total. The third-order valence-electron chi connectivity index (χ3n) is 3.49. The maximum absolute atomic E-state index is 11.8. The summed E-state index contributed by atoms with van der Waals surface area (Å²) in [5, 5.41) is 2.76. The SMILES string of the molecule is CN1CCN(CCC(=O)OC[C@H](N)C(=O)NC(C)(C)C)CC1. The molecule has 0 spiro atoms. The van der Waals surface area contributed by atoms with Crippen molar-refractivity contribution in [3.05, 3.63) is 0 Å². The average molecular weight is 314 g/mol. The van der Waals surface area contributed by atoms with Gasteiger partial charge in [0.15, 0.2) is 0 Å². The van der Waals surface area contributed by atoms with Gasteiger partial charge in [0.2, 0.25) is 5.91 Å². The van der Waals surface area contributed by atoms with Crippen molar-refractivity contribution >= 4 is 11.9 Å². The molecule has 1 rings (SSSR count). The van der Waals surface area contributed by atoms with Crippen molar-refractivity contribution in [3.8, 4) is 0 Å². The average Bonchev–Trinajstić information content (AvgIpc) is 2.42. The van der Waals surface area contributed by atoms with Crippen LogP contribution in [-0.2, 0) is 14.3 Å².